The van der Waals surface area contributed by atoms with E-state index in [1.807, 2.05) is 37.3 Å². The summed E-state index contributed by atoms with van der Waals surface area (Å²) < 4.78 is 13.4. The van der Waals surface area contributed by atoms with Gasteiger partial charge in [0.1, 0.15) is 11.9 Å². The van der Waals surface area contributed by atoms with Crippen molar-refractivity contribution in [2.45, 2.75) is 25.9 Å². The maximum absolute atomic E-state index is 13.4. The molecule has 1 atom stereocenters. The fourth-order valence-electron chi connectivity index (χ4n) is 3.37. The summed E-state index contributed by atoms with van der Waals surface area (Å²) in [5.41, 5.74) is 2.23. The molecule has 0 saturated carbocycles. The van der Waals surface area contributed by atoms with Crippen LogP contribution in [0.2, 0.25) is 5.02 Å². The third kappa shape index (κ3) is 6.15. The lowest BCUT2D eigenvalue weighted by Gasteiger charge is -2.31. The Bertz CT molecular complexity index is 1010. The molecule has 0 bridgehead atoms. The Hall–Kier alpha value is -3.18. The van der Waals surface area contributed by atoms with E-state index in [2.05, 4.69) is 5.32 Å². The van der Waals surface area contributed by atoms with Gasteiger partial charge in [-0.15, -0.1) is 0 Å². The van der Waals surface area contributed by atoms with Gasteiger partial charge in [-0.05, 0) is 47.9 Å². The van der Waals surface area contributed by atoms with Crippen molar-refractivity contribution in [3.8, 4) is 0 Å². The van der Waals surface area contributed by atoms with Crippen molar-refractivity contribution in [1.82, 2.24) is 10.2 Å². The molecule has 0 spiro atoms. The molecule has 4 nitrogen and oxygen atoms in total. The van der Waals surface area contributed by atoms with Crippen molar-refractivity contribution in [3.63, 3.8) is 0 Å². The van der Waals surface area contributed by atoms with Crippen LogP contribution in [-0.2, 0) is 22.6 Å². The van der Waals surface area contributed by atoms with Gasteiger partial charge >= 0.3 is 0 Å². The van der Waals surface area contributed by atoms with Crippen molar-refractivity contribution in [1.29, 1.82) is 0 Å². The monoisotopic (exact) mass is 438 g/mol. The van der Waals surface area contributed by atoms with Crippen molar-refractivity contribution >= 4 is 23.4 Å². The van der Waals surface area contributed by atoms with Crippen LogP contribution >= 0.6 is 11.6 Å². The topological polar surface area (TPSA) is 49.4 Å². The fraction of sp³-hybridized carbons (Fsp3) is 0.200. The smallest absolute Gasteiger partial charge is 0.247 e. The van der Waals surface area contributed by atoms with Gasteiger partial charge in [-0.3, -0.25) is 9.59 Å². The van der Waals surface area contributed by atoms with E-state index in [0.717, 1.165) is 11.1 Å². The summed E-state index contributed by atoms with van der Waals surface area (Å²) in [4.78, 5) is 28.0. The van der Waals surface area contributed by atoms with Gasteiger partial charge in [0.15, 0.2) is 0 Å². The standard InChI is InChI=1S/C25H24ClFN2O2/c1-2-28-25(31)24(20-6-4-3-5-7-20)29(17-19-10-14-22(27)15-11-19)23(30)16-18-8-12-21(26)13-9-18/h3-15,24H,2,16-17H2,1H3,(H,28,31)/t24-/m0/s1. The quantitative estimate of drug-likeness (QED) is 0.542. The second-order valence-electron chi connectivity index (χ2n) is 7.16. The van der Waals surface area contributed by atoms with Crippen LogP contribution < -0.4 is 5.32 Å². The second kappa shape index (κ2) is 10.7. The second-order valence-corrected chi connectivity index (χ2v) is 7.60. The summed E-state index contributed by atoms with van der Waals surface area (Å²) >= 11 is 5.96. The molecule has 31 heavy (non-hydrogen) atoms. The molecule has 0 saturated heterocycles. The van der Waals surface area contributed by atoms with Gasteiger partial charge in [0, 0.05) is 18.1 Å². The first-order chi connectivity index (χ1) is 15.0. The molecule has 6 heteroatoms. The number of amides is 2. The van der Waals surface area contributed by atoms with E-state index in [4.69, 9.17) is 11.6 Å². The van der Waals surface area contributed by atoms with E-state index in [9.17, 15) is 14.0 Å². The molecule has 0 aliphatic rings. The van der Waals surface area contributed by atoms with E-state index in [1.165, 1.54) is 12.1 Å². The lowest BCUT2D eigenvalue weighted by Crippen LogP contribution is -2.44. The third-order valence-electron chi connectivity index (χ3n) is 4.88. The molecule has 0 unspecified atom stereocenters. The molecule has 1 N–H and O–H groups in total. The number of carbonyl (C=O) groups is 2. The minimum atomic E-state index is -0.814. The van der Waals surface area contributed by atoms with Crippen LogP contribution in [0.25, 0.3) is 0 Å². The number of nitrogens with zero attached hydrogens (tertiary/aromatic N) is 1. The molecule has 3 aromatic rings. The molecule has 0 aliphatic carbocycles. The summed E-state index contributed by atoms with van der Waals surface area (Å²) in [5, 5.41) is 3.42. The molecule has 0 heterocycles. The van der Waals surface area contributed by atoms with Gasteiger partial charge in [-0.25, -0.2) is 4.39 Å². The number of hydrogen-bond donors (Lipinski definition) is 1. The lowest BCUT2D eigenvalue weighted by molar-refractivity contribution is -0.141. The van der Waals surface area contributed by atoms with Gasteiger partial charge in [-0.2, -0.15) is 0 Å². The highest BCUT2D eigenvalue weighted by molar-refractivity contribution is 6.30. The van der Waals surface area contributed by atoms with Crippen LogP contribution in [0, 0.1) is 5.82 Å². The average molecular weight is 439 g/mol. The SMILES string of the molecule is CCNC(=O)[C@H](c1ccccc1)N(Cc1ccc(F)cc1)C(=O)Cc1ccc(Cl)cc1. The fourth-order valence-corrected chi connectivity index (χ4v) is 3.49. The zero-order valence-electron chi connectivity index (χ0n) is 17.2. The number of hydrogen-bond acceptors (Lipinski definition) is 2. The first-order valence-electron chi connectivity index (χ1n) is 10.1. The van der Waals surface area contributed by atoms with E-state index in [-0.39, 0.29) is 30.6 Å². The van der Waals surface area contributed by atoms with E-state index < -0.39 is 6.04 Å². The highest BCUT2D eigenvalue weighted by Crippen LogP contribution is 2.25. The molecule has 0 fully saturated rings. The Kier molecular flexibility index (Phi) is 7.79. The maximum atomic E-state index is 13.4. The molecule has 0 radical (unpaired) electrons. The van der Waals surface area contributed by atoms with E-state index in [1.54, 1.807) is 41.3 Å². The first-order valence-corrected chi connectivity index (χ1v) is 10.5. The van der Waals surface area contributed by atoms with Gasteiger partial charge < -0.3 is 10.2 Å². The van der Waals surface area contributed by atoms with Crippen molar-refractivity contribution in [2.24, 2.45) is 0 Å². The number of likely N-dealkylation sites (N-methyl/N-ethyl adjacent to an activating group) is 1. The van der Waals surface area contributed by atoms with Crippen molar-refractivity contribution in [2.75, 3.05) is 6.54 Å². The van der Waals surface area contributed by atoms with E-state index in [0.29, 0.717) is 17.1 Å². The highest BCUT2D eigenvalue weighted by Gasteiger charge is 2.31. The summed E-state index contributed by atoms with van der Waals surface area (Å²) in [5.74, 6) is -0.835. The molecule has 0 aliphatic heterocycles. The molecule has 2 amide bonds. The average Bonchev–Trinajstić information content (AvgIpc) is 2.77. The molecule has 3 aromatic carbocycles. The van der Waals surface area contributed by atoms with Gasteiger partial charge in [0.2, 0.25) is 11.8 Å². The largest absolute Gasteiger partial charge is 0.354 e. The number of carbonyl (C=O) groups excluding carboxylic acids is 2. The van der Waals surface area contributed by atoms with E-state index >= 15 is 0 Å². The Morgan fingerprint density at radius 2 is 1.55 bits per heavy atom. The minimum Gasteiger partial charge on any atom is -0.354 e. The van der Waals surface area contributed by atoms with Crippen LogP contribution in [0.15, 0.2) is 78.9 Å². The van der Waals surface area contributed by atoms with Gasteiger partial charge in [0.05, 0.1) is 6.42 Å². The third-order valence-corrected chi connectivity index (χ3v) is 5.13. The lowest BCUT2D eigenvalue weighted by atomic mass is 10.0. The number of rotatable bonds is 8. The van der Waals surface area contributed by atoms with Crippen molar-refractivity contribution < 1.29 is 14.0 Å². The maximum Gasteiger partial charge on any atom is 0.247 e. The normalized spacial score (nSPS) is 11.6. The van der Waals surface area contributed by atoms with Crippen LogP contribution in [0.4, 0.5) is 4.39 Å². The first kappa shape index (κ1) is 22.5. The van der Waals surface area contributed by atoms with Gasteiger partial charge in [-0.1, -0.05) is 66.2 Å². The zero-order valence-corrected chi connectivity index (χ0v) is 18.0. The summed E-state index contributed by atoms with van der Waals surface area (Å²) in [6, 6.07) is 21.4. The highest BCUT2D eigenvalue weighted by atomic mass is 35.5. The number of nitrogens with one attached hydrogen (secondary N) is 1. The Morgan fingerprint density at radius 1 is 0.935 bits per heavy atom. The summed E-state index contributed by atoms with van der Waals surface area (Å²) in [6.45, 7) is 2.45. The Labute approximate surface area is 186 Å². The van der Waals surface area contributed by atoms with Crippen LogP contribution in [0.5, 0.6) is 0 Å². The Balaban J connectivity index is 1.98. The molecule has 3 rings (SSSR count). The number of benzene rings is 3. The van der Waals surface area contributed by atoms with Gasteiger partial charge in [0.25, 0.3) is 0 Å². The summed E-state index contributed by atoms with van der Waals surface area (Å²) in [6.07, 6.45) is 0.112. The minimum absolute atomic E-state index is 0.112. The molecule has 160 valence electrons. The van der Waals surface area contributed by atoms with Crippen LogP contribution in [-0.4, -0.2) is 23.3 Å². The molecule has 0 aromatic heterocycles. The predicted octanol–water partition coefficient (Wildman–Crippen LogP) is 4.93. The number of halogens is 2. The molecular formula is C25H24ClFN2O2. The molecular weight excluding hydrogens is 415 g/mol. The Morgan fingerprint density at radius 3 is 2.16 bits per heavy atom. The van der Waals surface area contributed by atoms with Crippen LogP contribution in [0.3, 0.4) is 0 Å². The predicted molar refractivity (Wildman–Crippen MR) is 120 cm³/mol. The van der Waals surface area contributed by atoms with Crippen molar-refractivity contribution in [3.05, 3.63) is 106 Å². The zero-order chi connectivity index (χ0) is 22.2. The van der Waals surface area contributed by atoms with Crippen LogP contribution in [0.1, 0.15) is 29.7 Å². The summed E-state index contributed by atoms with van der Waals surface area (Å²) in [7, 11) is 0.